The van der Waals surface area contributed by atoms with Gasteiger partial charge in [-0.2, -0.15) is 0 Å². The lowest BCUT2D eigenvalue weighted by Crippen LogP contribution is -2.15. The second kappa shape index (κ2) is 5.15. The fourth-order valence-electron chi connectivity index (χ4n) is 1.30. The van der Waals surface area contributed by atoms with Gasteiger partial charge in [0.25, 0.3) is 0 Å². The van der Waals surface area contributed by atoms with Crippen LogP contribution in [0.3, 0.4) is 0 Å². The van der Waals surface area contributed by atoms with E-state index in [2.05, 4.69) is 0 Å². The van der Waals surface area contributed by atoms with Crippen molar-refractivity contribution in [3.8, 4) is 5.75 Å². The van der Waals surface area contributed by atoms with Gasteiger partial charge in [0.05, 0.1) is 17.9 Å². The van der Waals surface area contributed by atoms with E-state index in [1.54, 1.807) is 13.0 Å². The molecule has 0 radical (unpaired) electrons. The summed E-state index contributed by atoms with van der Waals surface area (Å²) in [5, 5.41) is 5.02. The van der Waals surface area contributed by atoms with E-state index >= 15 is 0 Å². The van der Waals surface area contributed by atoms with Crippen molar-refractivity contribution in [2.45, 2.75) is 18.2 Å². The van der Waals surface area contributed by atoms with Crippen molar-refractivity contribution >= 4 is 15.9 Å². The van der Waals surface area contributed by atoms with Crippen LogP contribution in [0.25, 0.3) is 0 Å². The Bertz CT molecular complexity index is 525. The van der Waals surface area contributed by atoms with Gasteiger partial charge in [0.1, 0.15) is 5.75 Å². The maximum absolute atomic E-state index is 11.1. The number of primary amides is 1. The van der Waals surface area contributed by atoms with Gasteiger partial charge in [0.2, 0.25) is 15.9 Å². The molecule has 0 aliphatic rings. The zero-order chi connectivity index (χ0) is 13.1. The summed E-state index contributed by atoms with van der Waals surface area (Å²) < 4.78 is 27.5. The second-order valence-electron chi connectivity index (χ2n) is 3.54. The fourth-order valence-corrected chi connectivity index (χ4v) is 2.07. The topological polar surface area (TPSA) is 112 Å². The molecule has 0 saturated heterocycles. The Kier molecular flexibility index (Phi) is 4.08. The summed E-state index contributed by atoms with van der Waals surface area (Å²) in [7, 11) is -3.71. The van der Waals surface area contributed by atoms with Crippen LogP contribution in [0.15, 0.2) is 23.1 Å². The monoisotopic (exact) mass is 258 g/mol. The average Bonchev–Trinajstić information content (AvgIpc) is 2.14. The van der Waals surface area contributed by atoms with Crippen LogP contribution in [0, 0.1) is 6.92 Å². The number of nitrogens with two attached hydrogens (primary N) is 2. The van der Waals surface area contributed by atoms with E-state index in [-0.39, 0.29) is 17.9 Å². The molecule has 0 aromatic heterocycles. The van der Waals surface area contributed by atoms with Gasteiger partial charge in [-0.05, 0) is 30.7 Å². The molecule has 0 bridgehead atoms. The molecule has 1 aromatic carbocycles. The SMILES string of the molecule is Cc1cc(OCCC(N)=O)ccc1S(N)(=O)=O. The summed E-state index contributed by atoms with van der Waals surface area (Å²) in [5.74, 6) is 0.0130. The first-order chi connectivity index (χ1) is 7.80. The van der Waals surface area contributed by atoms with E-state index in [0.29, 0.717) is 11.3 Å². The molecule has 17 heavy (non-hydrogen) atoms. The molecule has 94 valence electrons. The third-order valence-corrected chi connectivity index (χ3v) is 3.14. The van der Waals surface area contributed by atoms with Crippen molar-refractivity contribution in [1.82, 2.24) is 0 Å². The number of hydrogen-bond acceptors (Lipinski definition) is 4. The molecule has 0 unspecified atom stereocenters. The van der Waals surface area contributed by atoms with Gasteiger partial charge in [-0.25, -0.2) is 13.6 Å². The van der Waals surface area contributed by atoms with Crippen molar-refractivity contribution in [3.63, 3.8) is 0 Å². The van der Waals surface area contributed by atoms with Crippen molar-refractivity contribution in [2.75, 3.05) is 6.61 Å². The Morgan fingerprint density at radius 1 is 1.41 bits per heavy atom. The number of sulfonamides is 1. The molecule has 0 heterocycles. The van der Waals surface area contributed by atoms with Crippen LogP contribution in [-0.4, -0.2) is 20.9 Å². The van der Waals surface area contributed by atoms with E-state index in [1.165, 1.54) is 12.1 Å². The lowest BCUT2D eigenvalue weighted by Gasteiger charge is -2.08. The maximum atomic E-state index is 11.1. The molecule has 0 spiro atoms. The lowest BCUT2D eigenvalue weighted by atomic mass is 10.2. The zero-order valence-corrected chi connectivity index (χ0v) is 10.2. The predicted octanol–water partition coefficient (Wildman–Crippen LogP) is -0.103. The third-order valence-electron chi connectivity index (χ3n) is 2.07. The maximum Gasteiger partial charge on any atom is 0.238 e. The molecule has 7 heteroatoms. The zero-order valence-electron chi connectivity index (χ0n) is 9.34. The van der Waals surface area contributed by atoms with Gasteiger partial charge in [-0.15, -0.1) is 0 Å². The first-order valence-corrected chi connectivity index (χ1v) is 6.40. The minimum atomic E-state index is -3.71. The van der Waals surface area contributed by atoms with E-state index in [9.17, 15) is 13.2 Å². The Morgan fingerprint density at radius 2 is 2.06 bits per heavy atom. The number of carbonyl (C=O) groups is 1. The van der Waals surface area contributed by atoms with Crippen molar-refractivity contribution in [2.24, 2.45) is 10.9 Å². The normalized spacial score (nSPS) is 11.2. The summed E-state index contributed by atoms with van der Waals surface area (Å²) in [6.45, 7) is 1.77. The van der Waals surface area contributed by atoms with E-state index in [0.717, 1.165) is 0 Å². The molecular formula is C10H14N2O4S. The van der Waals surface area contributed by atoms with E-state index in [4.69, 9.17) is 15.6 Å². The highest BCUT2D eigenvalue weighted by Crippen LogP contribution is 2.20. The predicted molar refractivity (Wildman–Crippen MR) is 61.9 cm³/mol. The molecular weight excluding hydrogens is 244 g/mol. The van der Waals surface area contributed by atoms with Crippen molar-refractivity contribution in [1.29, 1.82) is 0 Å². The quantitative estimate of drug-likeness (QED) is 0.767. The highest BCUT2D eigenvalue weighted by atomic mass is 32.2. The van der Waals surface area contributed by atoms with Crippen LogP contribution >= 0.6 is 0 Å². The van der Waals surface area contributed by atoms with Crippen LogP contribution < -0.4 is 15.6 Å². The number of benzene rings is 1. The van der Waals surface area contributed by atoms with E-state index < -0.39 is 15.9 Å². The number of carbonyl (C=O) groups excluding carboxylic acids is 1. The first kappa shape index (κ1) is 13.5. The summed E-state index contributed by atoms with van der Waals surface area (Å²) >= 11 is 0. The highest BCUT2D eigenvalue weighted by molar-refractivity contribution is 7.89. The largest absolute Gasteiger partial charge is 0.493 e. The number of primary sulfonamides is 1. The molecule has 0 saturated carbocycles. The number of amides is 1. The molecule has 1 amide bonds. The minimum absolute atomic E-state index is 0.0553. The Hall–Kier alpha value is -1.60. The lowest BCUT2D eigenvalue weighted by molar-refractivity contribution is -0.118. The van der Waals surface area contributed by atoms with Gasteiger partial charge in [0.15, 0.2) is 0 Å². The molecule has 0 fully saturated rings. The number of rotatable bonds is 5. The van der Waals surface area contributed by atoms with Gasteiger partial charge < -0.3 is 10.5 Å². The summed E-state index contributed by atoms with van der Waals surface area (Å²) in [6.07, 6.45) is 0.107. The van der Waals surface area contributed by atoms with Crippen LogP contribution in [0.1, 0.15) is 12.0 Å². The van der Waals surface area contributed by atoms with Crippen LogP contribution in [0.4, 0.5) is 0 Å². The second-order valence-corrected chi connectivity index (χ2v) is 5.07. The summed E-state index contributed by atoms with van der Waals surface area (Å²) in [4.78, 5) is 10.5. The van der Waals surface area contributed by atoms with Gasteiger partial charge in [-0.3, -0.25) is 4.79 Å². The molecule has 6 nitrogen and oxygen atoms in total. The number of aryl methyl sites for hydroxylation is 1. The van der Waals surface area contributed by atoms with Gasteiger partial charge in [0, 0.05) is 0 Å². The minimum Gasteiger partial charge on any atom is -0.493 e. The fraction of sp³-hybridized carbons (Fsp3) is 0.300. The smallest absolute Gasteiger partial charge is 0.238 e. The molecule has 1 aromatic rings. The van der Waals surface area contributed by atoms with Gasteiger partial charge >= 0.3 is 0 Å². The molecule has 0 atom stereocenters. The Labute approximate surface area is 99.6 Å². The number of hydrogen-bond donors (Lipinski definition) is 2. The Balaban J connectivity index is 2.79. The average molecular weight is 258 g/mol. The third kappa shape index (κ3) is 4.04. The van der Waals surface area contributed by atoms with Crippen LogP contribution in [0.5, 0.6) is 5.75 Å². The summed E-state index contributed by atoms with van der Waals surface area (Å²) in [6, 6.07) is 4.39. The first-order valence-electron chi connectivity index (χ1n) is 4.85. The Morgan fingerprint density at radius 3 is 2.53 bits per heavy atom. The molecule has 4 N–H and O–H groups in total. The van der Waals surface area contributed by atoms with Gasteiger partial charge in [-0.1, -0.05) is 0 Å². The van der Waals surface area contributed by atoms with Crippen LogP contribution in [0.2, 0.25) is 0 Å². The molecule has 1 rings (SSSR count). The van der Waals surface area contributed by atoms with Crippen molar-refractivity contribution < 1.29 is 17.9 Å². The molecule has 0 aliphatic heterocycles. The highest BCUT2D eigenvalue weighted by Gasteiger charge is 2.11. The molecule has 0 aliphatic carbocycles. The summed E-state index contributed by atoms with van der Waals surface area (Å²) in [5.41, 5.74) is 5.44. The van der Waals surface area contributed by atoms with E-state index in [1.807, 2.05) is 0 Å². The standard InChI is InChI=1S/C10H14N2O4S/c1-7-6-8(16-5-4-10(11)13)2-3-9(7)17(12,14)15/h2-3,6H,4-5H2,1H3,(H2,11,13)(H2,12,14,15). The van der Waals surface area contributed by atoms with Crippen molar-refractivity contribution in [3.05, 3.63) is 23.8 Å². The van der Waals surface area contributed by atoms with Crippen LogP contribution in [-0.2, 0) is 14.8 Å². The number of ether oxygens (including phenoxy) is 1.